The number of amides is 1. The van der Waals surface area contributed by atoms with Gasteiger partial charge in [-0.15, -0.1) is 0 Å². The number of nitrogens with zero attached hydrogens (tertiary/aromatic N) is 5. The third kappa shape index (κ3) is 4.05. The van der Waals surface area contributed by atoms with Crippen LogP contribution in [-0.4, -0.2) is 43.4 Å². The maximum Gasteiger partial charge on any atom is 0.272 e. The Morgan fingerprint density at radius 3 is 2.41 bits per heavy atom. The van der Waals surface area contributed by atoms with Gasteiger partial charge in [-0.2, -0.15) is 5.10 Å². The van der Waals surface area contributed by atoms with Gasteiger partial charge in [0, 0.05) is 30.5 Å². The summed E-state index contributed by atoms with van der Waals surface area (Å²) < 4.78 is 17.1. The van der Waals surface area contributed by atoms with E-state index in [0.717, 1.165) is 22.6 Å². The van der Waals surface area contributed by atoms with Crippen LogP contribution in [0.25, 0.3) is 11.4 Å². The van der Waals surface area contributed by atoms with Gasteiger partial charge in [0.1, 0.15) is 11.5 Å². The number of hydrogen-bond donors (Lipinski definition) is 0. The number of carbonyl (C=O) groups excluding carboxylic acids is 1. The normalized spacial score (nSPS) is 11.0. The van der Waals surface area contributed by atoms with Crippen LogP contribution in [0.1, 0.15) is 27.4 Å². The average Bonchev–Trinajstić information content (AvgIpc) is 3.36. The van der Waals surface area contributed by atoms with E-state index in [-0.39, 0.29) is 11.7 Å². The van der Waals surface area contributed by atoms with Gasteiger partial charge in [0.05, 0.1) is 17.6 Å². The number of rotatable bonds is 6. The quantitative estimate of drug-likeness (QED) is 0.397. The molecule has 32 heavy (non-hydrogen) atoms. The van der Waals surface area contributed by atoms with Crippen molar-refractivity contribution < 1.29 is 9.18 Å². The first-order valence-corrected chi connectivity index (χ1v) is 11.4. The highest BCUT2D eigenvalue weighted by atomic mass is 32.2. The van der Waals surface area contributed by atoms with E-state index in [1.165, 1.54) is 23.9 Å². The minimum atomic E-state index is -0.328. The molecule has 0 saturated carbocycles. The molecule has 4 rings (SSSR count). The Kier molecular flexibility index (Phi) is 6.14. The van der Waals surface area contributed by atoms with Gasteiger partial charge in [0.15, 0.2) is 5.16 Å². The summed E-state index contributed by atoms with van der Waals surface area (Å²) in [7, 11) is 1.77. The first kappa shape index (κ1) is 21.8. The van der Waals surface area contributed by atoms with Crippen molar-refractivity contribution in [3.05, 3.63) is 89.3 Å². The Hall–Kier alpha value is -3.39. The van der Waals surface area contributed by atoms with Crippen LogP contribution in [0, 0.1) is 19.7 Å². The van der Waals surface area contributed by atoms with Gasteiger partial charge < -0.3 is 4.90 Å². The van der Waals surface area contributed by atoms with E-state index in [2.05, 4.69) is 10.1 Å². The van der Waals surface area contributed by atoms with Gasteiger partial charge >= 0.3 is 0 Å². The highest BCUT2D eigenvalue weighted by Crippen LogP contribution is 2.24. The number of halogens is 1. The molecule has 0 fully saturated rings. The summed E-state index contributed by atoms with van der Waals surface area (Å²) in [4.78, 5) is 19.4. The standard InChI is InChI=1S/C24H24FN5OS/c1-16-21(17(2)30(27-16)20-8-6-5-7-9-20)15-28(3)23(31)22-14-26-24(32-4)29(22)19-12-10-18(25)11-13-19/h5-14H,15H2,1-4H3. The van der Waals surface area contributed by atoms with Crippen LogP contribution in [0.4, 0.5) is 4.39 Å². The molecule has 1 amide bonds. The second-order valence-electron chi connectivity index (χ2n) is 7.50. The van der Waals surface area contributed by atoms with Crippen molar-refractivity contribution in [1.82, 2.24) is 24.2 Å². The predicted molar refractivity (Wildman–Crippen MR) is 124 cm³/mol. The summed E-state index contributed by atoms with van der Waals surface area (Å²) in [5, 5.41) is 5.34. The maximum absolute atomic E-state index is 13.4. The average molecular weight is 450 g/mol. The SMILES string of the molecule is CSc1ncc(C(=O)N(C)Cc2c(C)nn(-c3ccccc3)c2C)n1-c1ccc(F)cc1. The minimum absolute atomic E-state index is 0.173. The number of para-hydroxylation sites is 1. The number of aryl methyl sites for hydroxylation is 1. The summed E-state index contributed by atoms with van der Waals surface area (Å²) in [5.41, 5.74) is 4.96. The number of imidazole rings is 1. The molecule has 0 spiro atoms. The van der Waals surface area contributed by atoms with Gasteiger partial charge in [-0.1, -0.05) is 30.0 Å². The van der Waals surface area contributed by atoms with Crippen LogP contribution in [0.5, 0.6) is 0 Å². The van der Waals surface area contributed by atoms with Crippen molar-refractivity contribution in [2.24, 2.45) is 0 Å². The third-order valence-corrected chi connectivity index (χ3v) is 6.05. The topological polar surface area (TPSA) is 56.0 Å². The molecule has 0 saturated heterocycles. The van der Waals surface area contributed by atoms with Crippen molar-refractivity contribution in [2.75, 3.05) is 13.3 Å². The fraction of sp³-hybridized carbons (Fsp3) is 0.208. The van der Waals surface area contributed by atoms with E-state index in [1.54, 1.807) is 34.8 Å². The zero-order valence-electron chi connectivity index (χ0n) is 18.4. The summed E-state index contributed by atoms with van der Waals surface area (Å²) in [5.74, 6) is -0.501. The molecule has 0 radical (unpaired) electrons. The van der Waals surface area contributed by atoms with Crippen molar-refractivity contribution in [1.29, 1.82) is 0 Å². The van der Waals surface area contributed by atoms with Crippen LogP contribution in [-0.2, 0) is 6.54 Å². The van der Waals surface area contributed by atoms with E-state index in [0.29, 0.717) is 23.1 Å². The molecule has 0 aliphatic rings. The molecule has 164 valence electrons. The minimum Gasteiger partial charge on any atom is -0.336 e. The first-order chi connectivity index (χ1) is 15.4. The summed E-state index contributed by atoms with van der Waals surface area (Å²) in [6, 6.07) is 16.0. The molecule has 2 aromatic carbocycles. The molecular formula is C24H24FN5OS. The molecule has 0 aliphatic heterocycles. The lowest BCUT2D eigenvalue weighted by Crippen LogP contribution is -2.28. The monoisotopic (exact) mass is 449 g/mol. The third-order valence-electron chi connectivity index (χ3n) is 5.40. The van der Waals surface area contributed by atoms with Crippen molar-refractivity contribution in [3.8, 4) is 11.4 Å². The molecule has 0 N–H and O–H groups in total. The van der Waals surface area contributed by atoms with Crippen LogP contribution in [0.15, 0.2) is 66.0 Å². The lowest BCUT2D eigenvalue weighted by Gasteiger charge is -2.19. The Morgan fingerprint density at radius 1 is 1.06 bits per heavy atom. The smallest absolute Gasteiger partial charge is 0.272 e. The molecule has 0 aliphatic carbocycles. The predicted octanol–water partition coefficient (Wildman–Crippen LogP) is 4.81. The molecule has 6 nitrogen and oxygen atoms in total. The van der Waals surface area contributed by atoms with Crippen molar-refractivity contribution >= 4 is 17.7 Å². The molecular weight excluding hydrogens is 425 g/mol. The molecule has 0 unspecified atom stereocenters. The second kappa shape index (κ2) is 9.00. The molecule has 0 bridgehead atoms. The Morgan fingerprint density at radius 2 is 1.75 bits per heavy atom. The van der Waals surface area contributed by atoms with Crippen LogP contribution in [0.2, 0.25) is 0 Å². The highest BCUT2D eigenvalue weighted by Gasteiger charge is 2.23. The zero-order valence-corrected chi connectivity index (χ0v) is 19.2. The number of hydrogen-bond acceptors (Lipinski definition) is 4. The van der Waals surface area contributed by atoms with Gasteiger partial charge in [0.2, 0.25) is 0 Å². The largest absolute Gasteiger partial charge is 0.336 e. The van der Waals surface area contributed by atoms with E-state index >= 15 is 0 Å². The van der Waals surface area contributed by atoms with Gasteiger partial charge in [-0.05, 0) is 56.5 Å². The lowest BCUT2D eigenvalue weighted by molar-refractivity contribution is 0.0776. The molecule has 4 aromatic rings. The molecule has 8 heteroatoms. The molecule has 2 aromatic heterocycles. The van der Waals surface area contributed by atoms with E-state index < -0.39 is 0 Å². The van der Waals surface area contributed by atoms with Crippen LogP contribution >= 0.6 is 11.8 Å². The first-order valence-electron chi connectivity index (χ1n) is 10.1. The summed E-state index contributed by atoms with van der Waals surface area (Å²) in [6.45, 7) is 4.37. The van der Waals surface area contributed by atoms with E-state index in [4.69, 9.17) is 0 Å². The van der Waals surface area contributed by atoms with Crippen molar-refractivity contribution in [2.45, 2.75) is 25.5 Å². The van der Waals surface area contributed by atoms with Crippen molar-refractivity contribution in [3.63, 3.8) is 0 Å². The Bertz CT molecular complexity index is 1250. The lowest BCUT2D eigenvalue weighted by atomic mass is 10.2. The van der Waals surface area contributed by atoms with Gasteiger partial charge in [0.25, 0.3) is 5.91 Å². The highest BCUT2D eigenvalue weighted by molar-refractivity contribution is 7.98. The Labute approximate surface area is 190 Å². The zero-order chi connectivity index (χ0) is 22.8. The molecule has 2 heterocycles. The fourth-order valence-electron chi connectivity index (χ4n) is 3.70. The van der Waals surface area contributed by atoms with Gasteiger partial charge in [-0.25, -0.2) is 14.1 Å². The maximum atomic E-state index is 13.4. The summed E-state index contributed by atoms with van der Waals surface area (Å²) in [6.07, 6.45) is 3.46. The van der Waals surface area contributed by atoms with Crippen LogP contribution in [0.3, 0.4) is 0 Å². The van der Waals surface area contributed by atoms with Crippen LogP contribution < -0.4 is 0 Å². The number of carbonyl (C=O) groups is 1. The van der Waals surface area contributed by atoms with E-state index in [1.807, 2.05) is 55.1 Å². The second-order valence-corrected chi connectivity index (χ2v) is 8.27. The Balaban J connectivity index is 1.64. The fourth-order valence-corrected chi connectivity index (χ4v) is 4.24. The summed E-state index contributed by atoms with van der Waals surface area (Å²) >= 11 is 1.43. The molecule has 0 atom stereocenters. The van der Waals surface area contributed by atoms with E-state index in [9.17, 15) is 9.18 Å². The van der Waals surface area contributed by atoms with Gasteiger partial charge in [-0.3, -0.25) is 9.36 Å². The number of thioether (sulfide) groups is 1. The number of aromatic nitrogens is 4. The number of benzene rings is 2.